The van der Waals surface area contributed by atoms with E-state index in [1.165, 1.54) is 11.0 Å². The molecule has 0 radical (unpaired) electrons. The van der Waals surface area contributed by atoms with Crippen LogP contribution >= 0.6 is 0 Å². The fourth-order valence-corrected chi connectivity index (χ4v) is 1.99. The highest BCUT2D eigenvalue weighted by Gasteiger charge is 2.17. The van der Waals surface area contributed by atoms with E-state index in [1.54, 1.807) is 25.2 Å². The molecular weight excluding hydrogens is 255 g/mol. The third-order valence-corrected chi connectivity index (χ3v) is 3.19. The van der Waals surface area contributed by atoms with Crippen molar-refractivity contribution < 1.29 is 9.18 Å². The summed E-state index contributed by atoms with van der Waals surface area (Å²) in [6.07, 6.45) is 0. The molecule has 1 amide bonds. The van der Waals surface area contributed by atoms with Crippen LogP contribution in [0, 0.1) is 12.7 Å². The van der Waals surface area contributed by atoms with Gasteiger partial charge in [0.25, 0.3) is 5.91 Å². The molecule has 0 saturated heterocycles. The van der Waals surface area contributed by atoms with Crippen LogP contribution in [0.3, 0.4) is 0 Å². The van der Waals surface area contributed by atoms with E-state index in [1.807, 2.05) is 25.1 Å². The first-order valence-corrected chi connectivity index (χ1v) is 6.36. The minimum absolute atomic E-state index is 0.0747. The maximum Gasteiger partial charge on any atom is 0.260 e. The average Bonchev–Trinajstić information content (AvgIpc) is 2.48. The molecule has 2 rings (SSSR count). The predicted octanol–water partition coefficient (Wildman–Crippen LogP) is 2.87. The summed E-state index contributed by atoms with van der Waals surface area (Å²) in [5.41, 5.74) is 8.12. The number of hydrogen-bond donors (Lipinski definition) is 1. The lowest BCUT2D eigenvalue weighted by atomic mass is 10.1. The first kappa shape index (κ1) is 14.2. The van der Waals surface area contributed by atoms with Gasteiger partial charge in [0.2, 0.25) is 0 Å². The third-order valence-electron chi connectivity index (χ3n) is 3.19. The Morgan fingerprint density at radius 1 is 1.25 bits per heavy atom. The van der Waals surface area contributed by atoms with Gasteiger partial charge in [-0.1, -0.05) is 23.8 Å². The van der Waals surface area contributed by atoms with Gasteiger partial charge in [-0.15, -0.1) is 0 Å². The molecule has 0 fully saturated rings. The number of halogens is 1. The molecule has 2 aromatic rings. The number of hydrogen-bond acceptors (Lipinski definition) is 2. The zero-order valence-corrected chi connectivity index (χ0v) is 11.6. The Morgan fingerprint density at radius 2 is 2.00 bits per heavy atom. The van der Waals surface area contributed by atoms with Gasteiger partial charge < -0.3 is 10.6 Å². The molecule has 0 spiro atoms. The summed E-state index contributed by atoms with van der Waals surface area (Å²) in [5, 5.41) is 0. The molecule has 3 nitrogen and oxygen atoms in total. The van der Waals surface area contributed by atoms with Gasteiger partial charge in [-0.2, -0.15) is 0 Å². The molecule has 2 aromatic carbocycles. The first-order chi connectivity index (χ1) is 9.52. The molecule has 4 heteroatoms. The van der Waals surface area contributed by atoms with Crippen molar-refractivity contribution in [3.05, 3.63) is 65.0 Å². The van der Waals surface area contributed by atoms with E-state index >= 15 is 0 Å². The topological polar surface area (TPSA) is 46.3 Å². The Bertz CT molecular complexity index is 640. The van der Waals surface area contributed by atoms with Crippen molar-refractivity contribution in [3.8, 4) is 0 Å². The Labute approximate surface area is 117 Å². The summed E-state index contributed by atoms with van der Waals surface area (Å²) in [6.45, 7) is 2.22. The van der Waals surface area contributed by atoms with E-state index in [2.05, 4.69) is 0 Å². The van der Waals surface area contributed by atoms with Crippen molar-refractivity contribution >= 4 is 11.6 Å². The molecule has 0 bridgehead atoms. The standard InChI is InChI=1S/C16H17FN2O/c1-11-6-7-15(17)14(8-11)16(20)19(2)13-5-3-4-12(9-13)10-18/h3-9H,10,18H2,1-2H3. The second-order valence-electron chi connectivity index (χ2n) is 4.72. The first-order valence-electron chi connectivity index (χ1n) is 6.36. The zero-order chi connectivity index (χ0) is 14.7. The number of nitrogens with zero attached hydrogens (tertiary/aromatic N) is 1. The van der Waals surface area contributed by atoms with Gasteiger partial charge in [0.1, 0.15) is 5.82 Å². The molecule has 0 aliphatic heterocycles. The van der Waals surface area contributed by atoms with Crippen LogP contribution in [-0.2, 0) is 6.54 Å². The summed E-state index contributed by atoms with van der Waals surface area (Å²) < 4.78 is 13.8. The molecule has 0 heterocycles. The van der Waals surface area contributed by atoms with E-state index in [4.69, 9.17) is 5.73 Å². The molecule has 0 aliphatic carbocycles. The smallest absolute Gasteiger partial charge is 0.260 e. The number of carbonyl (C=O) groups is 1. The molecule has 0 aromatic heterocycles. The Balaban J connectivity index is 2.34. The molecule has 104 valence electrons. The lowest BCUT2D eigenvalue weighted by molar-refractivity contribution is 0.0989. The van der Waals surface area contributed by atoms with Gasteiger partial charge in [-0.3, -0.25) is 4.79 Å². The summed E-state index contributed by atoms with van der Waals surface area (Å²) in [7, 11) is 1.62. The predicted molar refractivity (Wildman–Crippen MR) is 78.2 cm³/mol. The van der Waals surface area contributed by atoms with Crippen LogP contribution < -0.4 is 10.6 Å². The number of anilines is 1. The minimum atomic E-state index is -0.512. The van der Waals surface area contributed by atoms with Crippen molar-refractivity contribution in [3.63, 3.8) is 0 Å². The van der Waals surface area contributed by atoms with Crippen LogP contribution in [0.5, 0.6) is 0 Å². The van der Waals surface area contributed by atoms with Crippen LogP contribution in [0.15, 0.2) is 42.5 Å². The summed E-state index contributed by atoms with van der Waals surface area (Å²) in [6, 6.07) is 11.8. The Kier molecular flexibility index (Phi) is 4.15. The van der Waals surface area contributed by atoms with E-state index in [9.17, 15) is 9.18 Å². The summed E-state index contributed by atoms with van der Waals surface area (Å²) >= 11 is 0. The highest BCUT2D eigenvalue weighted by molar-refractivity contribution is 6.06. The van der Waals surface area contributed by atoms with Crippen molar-refractivity contribution in [1.29, 1.82) is 0 Å². The van der Waals surface area contributed by atoms with Gasteiger partial charge in [0, 0.05) is 19.3 Å². The van der Waals surface area contributed by atoms with Crippen LogP contribution in [0.25, 0.3) is 0 Å². The summed E-state index contributed by atoms with van der Waals surface area (Å²) in [4.78, 5) is 13.8. The SMILES string of the molecule is Cc1ccc(F)c(C(=O)N(C)c2cccc(CN)c2)c1. The second kappa shape index (κ2) is 5.84. The van der Waals surface area contributed by atoms with Crippen LogP contribution in [0.4, 0.5) is 10.1 Å². The average molecular weight is 272 g/mol. The molecular formula is C16H17FN2O. The number of aryl methyl sites for hydroxylation is 1. The number of benzene rings is 2. The zero-order valence-electron chi connectivity index (χ0n) is 11.6. The van der Waals surface area contributed by atoms with E-state index in [0.717, 1.165) is 11.1 Å². The van der Waals surface area contributed by atoms with E-state index in [-0.39, 0.29) is 11.5 Å². The molecule has 0 saturated carbocycles. The van der Waals surface area contributed by atoms with Crippen molar-refractivity contribution in [2.24, 2.45) is 5.73 Å². The normalized spacial score (nSPS) is 10.4. The van der Waals surface area contributed by atoms with Gasteiger partial charge in [0.15, 0.2) is 0 Å². The number of carbonyl (C=O) groups excluding carboxylic acids is 1. The fourth-order valence-electron chi connectivity index (χ4n) is 1.99. The van der Waals surface area contributed by atoms with Gasteiger partial charge in [-0.05, 0) is 36.8 Å². The number of amides is 1. The fraction of sp³-hybridized carbons (Fsp3) is 0.188. The minimum Gasteiger partial charge on any atom is -0.326 e. The van der Waals surface area contributed by atoms with Crippen molar-refractivity contribution in [1.82, 2.24) is 0 Å². The molecule has 20 heavy (non-hydrogen) atoms. The van der Waals surface area contributed by atoms with Crippen molar-refractivity contribution in [2.45, 2.75) is 13.5 Å². The van der Waals surface area contributed by atoms with Gasteiger partial charge >= 0.3 is 0 Å². The molecule has 0 unspecified atom stereocenters. The maximum atomic E-state index is 13.8. The van der Waals surface area contributed by atoms with Crippen LogP contribution in [0.2, 0.25) is 0 Å². The van der Waals surface area contributed by atoms with Crippen LogP contribution in [0.1, 0.15) is 21.5 Å². The molecule has 0 aliphatic rings. The van der Waals surface area contributed by atoms with E-state index < -0.39 is 5.82 Å². The highest BCUT2D eigenvalue weighted by Crippen LogP contribution is 2.19. The Morgan fingerprint density at radius 3 is 2.70 bits per heavy atom. The lowest BCUT2D eigenvalue weighted by Gasteiger charge is -2.18. The second-order valence-corrected chi connectivity index (χ2v) is 4.72. The van der Waals surface area contributed by atoms with Crippen molar-refractivity contribution in [2.75, 3.05) is 11.9 Å². The molecule has 2 N–H and O–H groups in total. The van der Waals surface area contributed by atoms with Gasteiger partial charge in [-0.25, -0.2) is 4.39 Å². The molecule has 0 atom stereocenters. The number of rotatable bonds is 3. The highest BCUT2D eigenvalue weighted by atomic mass is 19.1. The number of nitrogens with two attached hydrogens (primary N) is 1. The quantitative estimate of drug-likeness (QED) is 0.934. The third kappa shape index (κ3) is 2.86. The summed E-state index contributed by atoms with van der Waals surface area (Å²) in [5.74, 6) is -0.886. The Hall–Kier alpha value is -2.20. The maximum absolute atomic E-state index is 13.8. The van der Waals surface area contributed by atoms with Crippen LogP contribution in [-0.4, -0.2) is 13.0 Å². The van der Waals surface area contributed by atoms with Gasteiger partial charge in [0.05, 0.1) is 5.56 Å². The monoisotopic (exact) mass is 272 g/mol. The lowest BCUT2D eigenvalue weighted by Crippen LogP contribution is -2.27. The largest absolute Gasteiger partial charge is 0.326 e. The van der Waals surface area contributed by atoms with E-state index in [0.29, 0.717) is 12.2 Å².